The molecule has 0 aliphatic rings. The summed E-state index contributed by atoms with van der Waals surface area (Å²) in [6.45, 7) is 13.4. The predicted molar refractivity (Wildman–Crippen MR) is 70.3 cm³/mol. The Bertz CT molecular complexity index is 297. The quantitative estimate of drug-likeness (QED) is 0.614. The molecule has 0 radical (unpaired) electrons. The van der Waals surface area contributed by atoms with Gasteiger partial charge < -0.3 is 0 Å². The first-order chi connectivity index (χ1) is 7.17. The molecule has 0 saturated heterocycles. The molecule has 0 bridgehead atoms. The van der Waals surface area contributed by atoms with Crippen LogP contribution in [-0.4, -0.2) is 0 Å². The van der Waals surface area contributed by atoms with Gasteiger partial charge in [0.05, 0.1) is 0 Å². The van der Waals surface area contributed by atoms with Gasteiger partial charge in [-0.25, -0.2) is 0 Å². The minimum absolute atomic E-state index is 0.601. The second kappa shape index (κ2) is 8.05. The molecule has 0 spiro atoms. The number of hydrogen-bond acceptors (Lipinski definition) is 0. The van der Waals surface area contributed by atoms with Crippen molar-refractivity contribution >= 4 is 0 Å². The van der Waals surface area contributed by atoms with Gasteiger partial charge in [0.1, 0.15) is 0 Å². The lowest BCUT2D eigenvalue weighted by molar-refractivity contribution is 0.775. The van der Waals surface area contributed by atoms with Crippen molar-refractivity contribution < 1.29 is 0 Å². The van der Waals surface area contributed by atoms with Crippen LogP contribution in [0.2, 0.25) is 0 Å². The fraction of sp³-hybridized carbons (Fsp3) is 0.333. The van der Waals surface area contributed by atoms with Gasteiger partial charge in [0, 0.05) is 0 Å². The van der Waals surface area contributed by atoms with E-state index in [9.17, 15) is 0 Å². The number of benzene rings is 1. The Kier molecular flexibility index (Phi) is 7.35. The molecule has 0 saturated carbocycles. The van der Waals surface area contributed by atoms with Gasteiger partial charge in [-0.15, -0.1) is 13.2 Å². The van der Waals surface area contributed by atoms with Gasteiger partial charge in [-0.2, -0.15) is 0 Å². The van der Waals surface area contributed by atoms with Gasteiger partial charge in [-0.1, -0.05) is 43.3 Å². The molecule has 82 valence electrons. The van der Waals surface area contributed by atoms with Crippen molar-refractivity contribution in [2.24, 2.45) is 0 Å². The molecule has 0 aliphatic carbocycles. The number of hydrogen-bond donors (Lipinski definition) is 0. The van der Waals surface area contributed by atoms with Crippen molar-refractivity contribution in [3.05, 3.63) is 60.7 Å². The van der Waals surface area contributed by atoms with Gasteiger partial charge in [-0.3, -0.25) is 0 Å². The van der Waals surface area contributed by atoms with Crippen molar-refractivity contribution in [3.8, 4) is 0 Å². The highest BCUT2D eigenvalue weighted by Gasteiger charge is 2.04. The largest absolute Gasteiger partial charge is 0.103 e. The van der Waals surface area contributed by atoms with E-state index in [-0.39, 0.29) is 0 Å². The number of allylic oxidation sites excluding steroid dienone is 2. The first-order valence-electron chi connectivity index (χ1n) is 5.40. The van der Waals surface area contributed by atoms with E-state index in [0.717, 1.165) is 6.42 Å². The Morgan fingerprint density at radius 3 is 2.27 bits per heavy atom. The van der Waals surface area contributed by atoms with Gasteiger partial charge in [0.15, 0.2) is 0 Å². The first kappa shape index (κ1) is 13.7. The molecule has 0 fully saturated rings. The van der Waals surface area contributed by atoms with Gasteiger partial charge in [0.25, 0.3) is 0 Å². The second-order valence-corrected chi connectivity index (χ2v) is 3.69. The number of aryl methyl sites for hydroxylation is 1. The van der Waals surface area contributed by atoms with Crippen molar-refractivity contribution in [1.29, 1.82) is 0 Å². The van der Waals surface area contributed by atoms with Gasteiger partial charge in [-0.05, 0) is 37.3 Å². The lowest BCUT2D eigenvalue weighted by Gasteiger charge is -2.11. The fourth-order valence-corrected chi connectivity index (χ4v) is 1.52. The zero-order valence-electron chi connectivity index (χ0n) is 10.2. The average molecular weight is 202 g/mol. The molecule has 1 aromatic rings. The van der Waals surface area contributed by atoms with E-state index in [4.69, 9.17) is 0 Å². The smallest absolute Gasteiger partial charge is 0.0153 e. The highest BCUT2D eigenvalue weighted by molar-refractivity contribution is 5.28. The molecule has 0 heteroatoms. The molecular formula is C15H22. The zero-order chi connectivity index (χ0) is 11.7. The predicted octanol–water partition coefficient (Wildman–Crippen LogP) is 4.87. The average Bonchev–Trinajstić information content (AvgIpc) is 2.20. The van der Waals surface area contributed by atoms with Crippen LogP contribution >= 0.6 is 0 Å². The summed E-state index contributed by atoms with van der Waals surface area (Å²) in [6.07, 6.45) is 4.79. The molecule has 0 aromatic heterocycles. The highest BCUT2D eigenvalue weighted by Crippen LogP contribution is 2.21. The van der Waals surface area contributed by atoms with Crippen molar-refractivity contribution in [2.75, 3.05) is 0 Å². The van der Waals surface area contributed by atoms with E-state index in [1.165, 1.54) is 11.1 Å². The Balaban J connectivity index is 0.000000583. The minimum Gasteiger partial charge on any atom is -0.103 e. The van der Waals surface area contributed by atoms with E-state index < -0.39 is 0 Å². The van der Waals surface area contributed by atoms with E-state index in [0.29, 0.717) is 5.92 Å². The van der Waals surface area contributed by atoms with Crippen LogP contribution in [0, 0.1) is 6.92 Å². The van der Waals surface area contributed by atoms with Crippen molar-refractivity contribution in [3.63, 3.8) is 0 Å². The summed E-state index contributed by atoms with van der Waals surface area (Å²) < 4.78 is 0. The molecule has 1 atom stereocenters. The van der Waals surface area contributed by atoms with E-state index in [2.05, 4.69) is 51.3 Å². The molecule has 0 aliphatic heterocycles. The molecule has 0 amide bonds. The molecule has 1 aromatic carbocycles. The van der Waals surface area contributed by atoms with Crippen LogP contribution in [0.4, 0.5) is 0 Å². The van der Waals surface area contributed by atoms with Crippen LogP contribution < -0.4 is 0 Å². The monoisotopic (exact) mass is 202 g/mol. The molecule has 0 nitrogen and oxygen atoms in total. The maximum atomic E-state index is 3.76. The second-order valence-electron chi connectivity index (χ2n) is 3.69. The SMILES string of the molecule is C=CC.C=CCC(C)c1ccccc1C. The molecule has 1 rings (SSSR count). The molecular weight excluding hydrogens is 180 g/mol. The summed E-state index contributed by atoms with van der Waals surface area (Å²) in [6, 6.07) is 8.54. The van der Waals surface area contributed by atoms with E-state index in [1.54, 1.807) is 6.08 Å². The van der Waals surface area contributed by atoms with Crippen LogP contribution in [0.1, 0.15) is 37.3 Å². The fourth-order valence-electron chi connectivity index (χ4n) is 1.52. The molecule has 1 unspecified atom stereocenters. The maximum absolute atomic E-state index is 3.76. The van der Waals surface area contributed by atoms with Crippen LogP contribution in [0.15, 0.2) is 49.6 Å². The molecule has 0 heterocycles. The van der Waals surface area contributed by atoms with Crippen molar-refractivity contribution in [2.45, 2.75) is 33.1 Å². The first-order valence-corrected chi connectivity index (χ1v) is 5.40. The van der Waals surface area contributed by atoms with Crippen molar-refractivity contribution in [1.82, 2.24) is 0 Å². The normalized spacial score (nSPS) is 10.9. The summed E-state index contributed by atoms with van der Waals surface area (Å²) in [7, 11) is 0. The van der Waals surface area contributed by atoms with E-state index in [1.807, 2.05) is 13.0 Å². The van der Waals surface area contributed by atoms with Crippen LogP contribution in [0.25, 0.3) is 0 Å². The zero-order valence-corrected chi connectivity index (χ0v) is 10.2. The minimum atomic E-state index is 0.601. The van der Waals surface area contributed by atoms with Crippen LogP contribution in [0.3, 0.4) is 0 Å². The van der Waals surface area contributed by atoms with Crippen LogP contribution in [0.5, 0.6) is 0 Å². The number of rotatable bonds is 3. The lowest BCUT2D eigenvalue weighted by atomic mass is 9.94. The Morgan fingerprint density at radius 2 is 1.80 bits per heavy atom. The van der Waals surface area contributed by atoms with Gasteiger partial charge in [0.2, 0.25) is 0 Å². The Morgan fingerprint density at radius 1 is 1.27 bits per heavy atom. The topological polar surface area (TPSA) is 0 Å². The van der Waals surface area contributed by atoms with Gasteiger partial charge >= 0.3 is 0 Å². The summed E-state index contributed by atoms with van der Waals surface area (Å²) in [5, 5.41) is 0. The standard InChI is InChI=1S/C12H16.C3H6/c1-4-7-10(2)12-9-6-5-8-11(12)3;1-3-2/h4-6,8-10H,1,7H2,2-3H3;3H,1H2,2H3. The molecule has 15 heavy (non-hydrogen) atoms. The summed E-state index contributed by atoms with van der Waals surface area (Å²) in [4.78, 5) is 0. The Hall–Kier alpha value is -1.30. The van der Waals surface area contributed by atoms with E-state index >= 15 is 0 Å². The summed E-state index contributed by atoms with van der Waals surface area (Å²) in [5.74, 6) is 0.601. The lowest BCUT2D eigenvalue weighted by Crippen LogP contribution is -1.94. The third-order valence-corrected chi connectivity index (χ3v) is 2.24. The Labute approximate surface area is 94.3 Å². The summed E-state index contributed by atoms with van der Waals surface area (Å²) in [5.41, 5.74) is 2.82. The summed E-state index contributed by atoms with van der Waals surface area (Å²) >= 11 is 0. The molecule has 0 N–H and O–H groups in total. The maximum Gasteiger partial charge on any atom is -0.0153 e. The highest BCUT2D eigenvalue weighted by atomic mass is 14.1. The third kappa shape index (κ3) is 5.21. The third-order valence-electron chi connectivity index (χ3n) is 2.24. The van der Waals surface area contributed by atoms with Crippen LogP contribution in [-0.2, 0) is 0 Å².